The van der Waals surface area contributed by atoms with Crippen molar-refractivity contribution in [3.8, 4) is 0 Å². The van der Waals surface area contributed by atoms with Gasteiger partial charge in [-0.15, -0.1) is 0 Å². The molecule has 0 spiro atoms. The van der Waals surface area contributed by atoms with Crippen molar-refractivity contribution in [2.75, 3.05) is 43.0 Å². The van der Waals surface area contributed by atoms with Crippen molar-refractivity contribution in [1.82, 2.24) is 24.6 Å². The van der Waals surface area contributed by atoms with Crippen molar-refractivity contribution >= 4 is 32.8 Å². The van der Waals surface area contributed by atoms with Crippen molar-refractivity contribution in [1.29, 1.82) is 0 Å². The van der Waals surface area contributed by atoms with Gasteiger partial charge < -0.3 is 4.90 Å². The third-order valence-corrected chi connectivity index (χ3v) is 3.94. The summed E-state index contributed by atoms with van der Waals surface area (Å²) in [4.78, 5) is 13.5. The van der Waals surface area contributed by atoms with Crippen molar-refractivity contribution in [2.24, 2.45) is 7.05 Å². The summed E-state index contributed by atoms with van der Waals surface area (Å²) in [5.41, 5.74) is 0.896. The van der Waals surface area contributed by atoms with Crippen LogP contribution in [0.4, 0.5) is 5.82 Å². The molecule has 0 aromatic carbocycles. The lowest BCUT2D eigenvalue weighted by molar-refractivity contribution is 0.273. The average Bonchev–Trinajstić information content (AvgIpc) is 2.82. The molecule has 0 saturated carbocycles. The Labute approximate surface area is 120 Å². The molecule has 1 aliphatic heterocycles. The summed E-state index contributed by atoms with van der Waals surface area (Å²) in [7, 11) is 1.91. The van der Waals surface area contributed by atoms with E-state index in [1.165, 1.54) is 0 Å². The van der Waals surface area contributed by atoms with Crippen LogP contribution in [0.5, 0.6) is 0 Å². The molecule has 19 heavy (non-hydrogen) atoms. The molecule has 6 nitrogen and oxygen atoms in total. The van der Waals surface area contributed by atoms with Crippen LogP contribution in [0.1, 0.15) is 0 Å². The Hall–Kier alpha value is -1.21. The van der Waals surface area contributed by atoms with E-state index in [2.05, 4.69) is 40.8 Å². The van der Waals surface area contributed by atoms with Crippen LogP contribution in [-0.4, -0.2) is 62.7 Å². The second-order valence-corrected chi connectivity index (χ2v) is 5.51. The predicted molar refractivity (Wildman–Crippen MR) is 78.8 cm³/mol. The number of nitrogens with zero attached hydrogens (tertiary/aromatic N) is 6. The van der Waals surface area contributed by atoms with Crippen molar-refractivity contribution in [3.05, 3.63) is 12.5 Å². The van der Waals surface area contributed by atoms with E-state index in [1.807, 2.05) is 13.2 Å². The first-order chi connectivity index (χ1) is 9.29. The first-order valence-electron chi connectivity index (χ1n) is 6.45. The van der Waals surface area contributed by atoms with Crippen LogP contribution in [0, 0.1) is 0 Å². The SMILES string of the molecule is Cn1ncc2c(N3CCN(CCBr)CC3)ncnc21. The molecule has 7 heteroatoms. The van der Waals surface area contributed by atoms with Crippen LogP contribution in [0.2, 0.25) is 0 Å². The number of piperazine rings is 1. The smallest absolute Gasteiger partial charge is 0.163 e. The summed E-state index contributed by atoms with van der Waals surface area (Å²) in [5.74, 6) is 1.01. The van der Waals surface area contributed by atoms with Gasteiger partial charge in [0.25, 0.3) is 0 Å². The summed E-state index contributed by atoms with van der Waals surface area (Å²) in [6.07, 6.45) is 3.49. The minimum absolute atomic E-state index is 0.896. The standard InChI is InChI=1S/C12H17BrN6/c1-17-11-10(8-16-17)12(15-9-14-11)19-6-4-18(3-2-13)5-7-19/h8-9H,2-7H2,1H3. The number of anilines is 1. The molecule has 2 aromatic rings. The Morgan fingerprint density at radius 2 is 2.00 bits per heavy atom. The van der Waals surface area contributed by atoms with Crippen LogP contribution in [0.15, 0.2) is 12.5 Å². The number of aryl methyl sites for hydroxylation is 1. The highest BCUT2D eigenvalue weighted by molar-refractivity contribution is 9.09. The summed E-state index contributed by atoms with van der Waals surface area (Å²) in [6, 6.07) is 0. The average molecular weight is 325 g/mol. The van der Waals surface area contributed by atoms with Crippen LogP contribution >= 0.6 is 15.9 Å². The molecule has 0 aliphatic carbocycles. The molecule has 3 rings (SSSR count). The molecule has 1 saturated heterocycles. The van der Waals surface area contributed by atoms with Gasteiger partial charge in [0.15, 0.2) is 5.65 Å². The van der Waals surface area contributed by atoms with E-state index in [-0.39, 0.29) is 0 Å². The molecule has 0 bridgehead atoms. The Morgan fingerprint density at radius 3 is 2.74 bits per heavy atom. The van der Waals surface area contributed by atoms with E-state index in [0.717, 1.165) is 54.9 Å². The molecular formula is C12H17BrN6. The summed E-state index contributed by atoms with van der Waals surface area (Å²) in [6.45, 7) is 5.29. The second kappa shape index (κ2) is 5.42. The first-order valence-corrected chi connectivity index (χ1v) is 7.57. The molecule has 0 radical (unpaired) electrons. The summed E-state index contributed by atoms with van der Waals surface area (Å²) >= 11 is 3.49. The lowest BCUT2D eigenvalue weighted by Crippen LogP contribution is -2.47. The van der Waals surface area contributed by atoms with Gasteiger partial charge in [0, 0.05) is 45.1 Å². The quantitative estimate of drug-likeness (QED) is 0.784. The monoisotopic (exact) mass is 324 g/mol. The number of hydrogen-bond acceptors (Lipinski definition) is 5. The van der Waals surface area contributed by atoms with Crippen molar-refractivity contribution in [2.45, 2.75) is 0 Å². The predicted octanol–water partition coefficient (Wildman–Crippen LogP) is 0.880. The number of rotatable bonds is 3. The number of alkyl halides is 1. The maximum atomic E-state index is 4.45. The minimum Gasteiger partial charge on any atom is -0.353 e. The first kappa shape index (κ1) is 12.8. The highest BCUT2D eigenvalue weighted by Gasteiger charge is 2.20. The van der Waals surface area contributed by atoms with E-state index < -0.39 is 0 Å². The van der Waals surface area contributed by atoms with Gasteiger partial charge in [-0.25, -0.2) is 9.97 Å². The Morgan fingerprint density at radius 1 is 1.21 bits per heavy atom. The molecule has 2 aromatic heterocycles. The van der Waals surface area contributed by atoms with E-state index in [1.54, 1.807) is 11.0 Å². The number of halogens is 1. The summed E-state index contributed by atoms with van der Waals surface area (Å²) in [5, 5.41) is 6.34. The lowest BCUT2D eigenvalue weighted by atomic mass is 10.3. The maximum Gasteiger partial charge on any atom is 0.163 e. The molecule has 0 atom stereocenters. The molecule has 1 fully saturated rings. The Bertz CT molecular complexity index is 560. The van der Waals surface area contributed by atoms with Gasteiger partial charge in [-0.05, 0) is 0 Å². The highest BCUT2D eigenvalue weighted by atomic mass is 79.9. The lowest BCUT2D eigenvalue weighted by Gasteiger charge is -2.35. The van der Waals surface area contributed by atoms with Crippen molar-refractivity contribution < 1.29 is 0 Å². The van der Waals surface area contributed by atoms with Gasteiger partial charge in [0.2, 0.25) is 0 Å². The maximum absolute atomic E-state index is 4.45. The summed E-state index contributed by atoms with van der Waals surface area (Å²) < 4.78 is 1.79. The van der Waals surface area contributed by atoms with Crippen LogP contribution in [0.25, 0.3) is 11.0 Å². The van der Waals surface area contributed by atoms with Crippen LogP contribution < -0.4 is 4.90 Å². The van der Waals surface area contributed by atoms with Gasteiger partial charge in [-0.1, -0.05) is 15.9 Å². The molecule has 0 amide bonds. The fourth-order valence-corrected chi connectivity index (χ4v) is 3.01. The van der Waals surface area contributed by atoms with Gasteiger partial charge in [0.05, 0.1) is 11.6 Å². The van der Waals surface area contributed by atoms with E-state index >= 15 is 0 Å². The fraction of sp³-hybridized carbons (Fsp3) is 0.583. The van der Waals surface area contributed by atoms with Crippen LogP contribution in [0.3, 0.4) is 0 Å². The van der Waals surface area contributed by atoms with Gasteiger partial charge in [-0.3, -0.25) is 9.58 Å². The van der Waals surface area contributed by atoms with Gasteiger partial charge >= 0.3 is 0 Å². The van der Waals surface area contributed by atoms with E-state index in [4.69, 9.17) is 0 Å². The zero-order valence-corrected chi connectivity index (χ0v) is 12.5. The van der Waals surface area contributed by atoms with E-state index in [0.29, 0.717) is 0 Å². The minimum atomic E-state index is 0.896. The van der Waals surface area contributed by atoms with Crippen LogP contribution in [-0.2, 0) is 7.05 Å². The topological polar surface area (TPSA) is 50.1 Å². The molecule has 102 valence electrons. The molecule has 0 unspecified atom stereocenters. The third-order valence-electron chi connectivity index (χ3n) is 3.58. The molecular weight excluding hydrogens is 308 g/mol. The number of aromatic nitrogens is 4. The zero-order valence-electron chi connectivity index (χ0n) is 11.0. The number of fused-ring (bicyclic) bond motifs is 1. The largest absolute Gasteiger partial charge is 0.353 e. The fourth-order valence-electron chi connectivity index (χ4n) is 2.50. The Balaban J connectivity index is 1.82. The third kappa shape index (κ3) is 2.44. The van der Waals surface area contributed by atoms with Gasteiger partial charge in [0.1, 0.15) is 12.1 Å². The molecule has 3 heterocycles. The molecule has 1 aliphatic rings. The zero-order chi connectivity index (χ0) is 13.2. The Kier molecular flexibility index (Phi) is 3.65. The van der Waals surface area contributed by atoms with Crippen molar-refractivity contribution in [3.63, 3.8) is 0 Å². The van der Waals surface area contributed by atoms with Gasteiger partial charge in [-0.2, -0.15) is 5.10 Å². The number of hydrogen-bond donors (Lipinski definition) is 0. The van der Waals surface area contributed by atoms with E-state index in [9.17, 15) is 0 Å². The second-order valence-electron chi connectivity index (χ2n) is 4.72. The highest BCUT2D eigenvalue weighted by Crippen LogP contribution is 2.22. The normalized spacial score (nSPS) is 17.3. The molecule has 0 N–H and O–H groups in total.